The molecule has 0 N–H and O–H groups in total. The summed E-state index contributed by atoms with van der Waals surface area (Å²) in [5.41, 5.74) is 7.67. The average Bonchev–Trinajstić information content (AvgIpc) is 2.71. The van der Waals surface area contributed by atoms with E-state index in [4.69, 9.17) is 11.6 Å². The number of rotatable bonds is 4. The summed E-state index contributed by atoms with van der Waals surface area (Å²) in [6.45, 7) is 2.10. The molecule has 1 aromatic heterocycles. The van der Waals surface area contributed by atoms with E-state index in [1.807, 2.05) is 42.5 Å². The van der Waals surface area contributed by atoms with Crippen LogP contribution in [0.1, 0.15) is 16.8 Å². The Bertz CT molecular complexity index is 1040. The monoisotopic (exact) mass is 370 g/mol. The van der Waals surface area contributed by atoms with Gasteiger partial charge in [0, 0.05) is 22.6 Å². The largest absolute Gasteiger partial charge is 0.240 e. The highest BCUT2D eigenvalue weighted by Crippen LogP contribution is 2.33. The molecule has 0 atom stereocenters. The first-order chi connectivity index (χ1) is 13.2. The standard InChI is InChI=1S/C24H19ClN2/c1-17-7-11-19(12-8-17)23-22(15-18-9-13-21(25)14-10-18)26-16-27-24(23)20-5-3-2-4-6-20/h2-14,16H,15H2,1H3. The van der Waals surface area contributed by atoms with E-state index in [9.17, 15) is 0 Å². The van der Waals surface area contributed by atoms with Gasteiger partial charge in [0.25, 0.3) is 0 Å². The number of nitrogens with zero attached hydrogens (tertiary/aromatic N) is 2. The van der Waals surface area contributed by atoms with Crippen LogP contribution in [0.15, 0.2) is 85.2 Å². The molecule has 0 fully saturated rings. The summed E-state index contributed by atoms with van der Waals surface area (Å²) in [5, 5.41) is 0.741. The molecule has 3 aromatic carbocycles. The maximum atomic E-state index is 6.04. The van der Waals surface area contributed by atoms with Crippen molar-refractivity contribution >= 4 is 11.6 Å². The molecule has 0 amide bonds. The topological polar surface area (TPSA) is 25.8 Å². The van der Waals surface area contributed by atoms with Gasteiger partial charge in [0.15, 0.2) is 0 Å². The molecule has 132 valence electrons. The first-order valence-corrected chi connectivity index (χ1v) is 9.29. The molecule has 3 heteroatoms. The van der Waals surface area contributed by atoms with Gasteiger partial charge >= 0.3 is 0 Å². The molecule has 0 saturated heterocycles. The Balaban J connectivity index is 1.87. The van der Waals surface area contributed by atoms with Crippen molar-refractivity contribution in [3.8, 4) is 22.4 Å². The van der Waals surface area contributed by atoms with Crippen molar-refractivity contribution in [2.24, 2.45) is 0 Å². The van der Waals surface area contributed by atoms with Crippen LogP contribution in [0, 0.1) is 6.92 Å². The van der Waals surface area contributed by atoms with E-state index < -0.39 is 0 Å². The minimum atomic E-state index is 0.725. The number of halogens is 1. The molecule has 0 aliphatic heterocycles. The van der Waals surface area contributed by atoms with Crippen LogP contribution in [0.3, 0.4) is 0 Å². The molecule has 2 nitrogen and oxygen atoms in total. The molecular weight excluding hydrogens is 352 g/mol. The van der Waals surface area contributed by atoms with E-state index in [1.54, 1.807) is 6.33 Å². The predicted octanol–water partition coefficient (Wildman–Crippen LogP) is 6.36. The van der Waals surface area contributed by atoms with Crippen molar-refractivity contribution in [3.63, 3.8) is 0 Å². The number of benzene rings is 3. The summed E-state index contributed by atoms with van der Waals surface area (Å²) in [6, 6.07) is 26.7. The normalized spacial score (nSPS) is 10.7. The third kappa shape index (κ3) is 3.91. The van der Waals surface area contributed by atoms with E-state index in [-0.39, 0.29) is 0 Å². The second-order valence-corrected chi connectivity index (χ2v) is 7.02. The second kappa shape index (κ2) is 7.73. The smallest absolute Gasteiger partial charge is 0.116 e. The molecule has 0 spiro atoms. The van der Waals surface area contributed by atoms with E-state index in [1.165, 1.54) is 11.1 Å². The number of hydrogen-bond acceptors (Lipinski definition) is 2. The fraction of sp³-hybridized carbons (Fsp3) is 0.0833. The molecule has 4 rings (SSSR count). The van der Waals surface area contributed by atoms with Crippen molar-refractivity contribution < 1.29 is 0 Å². The Morgan fingerprint density at radius 2 is 1.44 bits per heavy atom. The van der Waals surface area contributed by atoms with Crippen molar-refractivity contribution in [2.45, 2.75) is 13.3 Å². The highest BCUT2D eigenvalue weighted by Gasteiger charge is 2.15. The molecule has 0 bridgehead atoms. The number of hydrogen-bond donors (Lipinski definition) is 0. The van der Waals surface area contributed by atoms with E-state index in [0.717, 1.165) is 39.5 Å². The SMILES string of the molecule is Cc1ccc(-c2c(Cc3ccc(Cl)cc3)ncnc2-c2ccccc2)cc1. The van der Waals surface area contributed by atoms with E-state index in [0.29, 0.717) is 0 Å². The lowest BCUT2D eigenvalue weighted by Gasteiger charge is -2.14. The Kier molecular flexibility index (Phi) is 4.99. The first-order valence-electron chi connectivity index (χ1n) is 8.91. The maximum absolute atomic E-state index is 6.04. The third-order valence-corrected chi connectivity index (χ3v) is 4.85. The van der Waals surface area contributed by atoms with E-state index in [2.05, 4.69) is 53.3 Å². The zero-order chi connectivity index (χ0) is 18.6. The molecule has 0 unspecified atom stereocenters. The minimum Gasteiger partial charge on any atom is -0.240 e. The number of aromatic nitrogens is 2. The van der Waals surface area contributed by atoms with Crippen LogP contribution < -0.4 is 0 Å². The fourth-order valence-electron chi connectivity index (χ4n) is 3.19. The van der Waals surface area contributed by atoms with Gasteiger partial charge in [-0.1, -0.05) is 83.9 Å². The fourth-order valence-corrected chi connectivity index (χ4v) is 3.32. The van der Waals surface area contributed by atoms with Crippen LogP contribution in [0.5, 0.6) is 0 Å². The van der Waals surface area contributed by atoms with Crippen molar-refractivity contribution in [1.82, 2.24) is 9.97 Å². The molecule has 0 aliphatic rings. The highest BCUT2D eigenvalue weighted by molar-refractivity contribution is 6.30. The summed E-state index contributed by atoms with van der Waals surface area (Å²) in [5.74, 6) is 0. The van der Waals surface area contributed by atoms with Gasteiger partial charge in [-0.2, -0.15) is 0 Å². The third-order valence-electron chi connectivity index (χ3n) is 4.60. The molecule has 0 saturated carbocycles. The van der Waals surface area contributed by atoms with Crippen LogP contribution in [-0.2, 0) is 6.42 Å². The van der Waals surface area contributed by atoms with Crippen LogP contribution in [0.4, 0.5) is 0 Å². The highest BCUT2D eigenvalue weighted by atomic mass is 35.5. The van der Waals surface area contributed by atoms with Crippen LogP contribution in [0.25, 0.3) is 22.4 Å². The van der Waals surface area contributed by atoms with Crippen LogP contribution in [0.2, 0.25) is 5.02 Å². The quantitative estimate of drug-likeness (QED) is 0.417. The van der Waals surface area contributed by atoms with Crippen molar-refractivity contribution in [2.75, 3.05) is 0 Å². The van der Waals surface area contributed by atoms with Gasteiger partial charge in [-0.05, 0) is 30.2 Å². The van der Waals surface area contributed by atoms with E-state index >= 15 is 0 Å². The predicted molar refractivity (Wildman–Crippen MR) is 112 cm³/mol. The van der Waals surface area contributed by atoms with Crippen molar-refractivity contribution in [1.29, 1.82) is 0 Å². The van der Waals surface area contributed by atoms with Crippen LogP contribution in [-0.4, -0.2) is 9.97 Å². The lowest BCUT2D eigenvalue weighted by molar-refractivity contribution is 1.03. The molecule has 1 heterocycles. The molecule has 27 heavy (non-hydrogen) atoms. The summed E-state index contributed by atoms with van der Waals surface area (Å²) in [4.78, 5) is 9.27. The zero-order valence-electron chi connectivity index (χ0n) is 15.1. The molecule has 0 radical (unpaired) electrons. The first kappa shape index (κ1) is 17.4. The van der Waals surface area contributed by atoms with Crippen LogP contribution >= 0.6 is 11.6 Å². The van der Waals surface area contributed by atoms with Gasteiger partial charge in [0.05, 0.1) is 11.4 Å². The van der Waals surface area contributed by atoms with Gasteiger partial charge in [-0.25, -0.2) is 9.97 Å². The summed E-state index contributed by atoms with van der Waals surface area (Å²) in [7, 11) is 0. The van der Waals surface area contributed by atoms with Gasteiger partial charge in [-0.15, -0.1) is 0 Å². The maximum Gasteiger partial charge on any atom is 0.116 e. The van der Waals surface area contributed by atoms with Crippen molar-refractivity contribution in [3.05, 3.63) is 107 Å². The number of aryl methyl sites for hydroxylation is 1. The Labute approximate surface area is 164 Å². The Hall–Kier alpha value is -2.97. The molecule has 0 aliphatic carbocycles. The molecule has 4 aromatic rings. The van der Waals surface area contributed by atoms with Gasteiger partial charge in [0.2, 0.25) is 0 Å². The summed E-state index contributed by atoms with van der Waals surface area (Å²) >= 11 is 6.04. The van der Waals surface area contributed by atoms with Gasteiger partial charge in [-0.3, -0.25) is 0 Å². The molecular formula is C24H19ClN2. The Morgan fingerprint density at radius 1 is 0.741 bits per heavy atom. The zero-order valence-corrected chi connectivity index (χ0v) is 15.8. The summed E-state index contributed by atoms with van der Waals surface area (Å²) < 4.78 is 0. The van der Waals surface area contributed by atoms with Gasteiger partial charge in [0.1, 0.15) is 6.33 Å². The average molecular weight is 371 g/mol. The Morgan fingerprint density at radius 3 is 2.15 bits per heavy atom. The van der Waals surface area contributed by atoms with Gasteiger partial charge < -0.3 is 0 Å². The second-order valence-electron chi connectivity index (χ2n) is 6.58. The lowest BCUT2D eigenvalue weighted by atomic mass is 9.94. The minimum absolute atomic E-state index is 0.725. The summed E-state index contributed by atoms with van der Waals surface area (Å²) in [6.07, 6.45) is 2.38. The lowest BCUT2D eigenvalue weighted by Crippen LogP contribution is -2.01.